The summed E-state index contributed by atoms with van der Waals surface area (Å²) >= 11 is 0. The highest BCUT2D eigenvalue weighted by Crippen LogP contribution is 2.20. The molecule has 118 valence electrons. The van der Waals surface area contributed by atoms with Crippen molar-refractivity contribution in [2.45, 2.75) is 26.7 Å². The number of nitrogens with one attached hydrogen (secondary N) is 1. The van der Waals surface area contributed by atoms with Crippen LogP contribution in [0.15, 0.2) is 23.2 Å². The molecule has 2 aliphatic rings. The molecule has 1 fully saturated rings. The Morgan fingerprint density at radius 3 is 2.68 bits per heavy atom. The fourth-order valence-electron chi connectivity index (χ4n) is 3.22. The summed E-state index contributed by atoms with van der Waals surface area (Å²) < 4.78 is 0. The predicted octanol–water partition coefficient (Wildman–Crippen LogP) is 2.01. The van der Waals surface area contributed by atoms with Gasteiger partial charge in [-0.3, -0.25) is 9.79 Å². The number of fused-ring (bicyclic) bond motifs is 1. The lowest BCUT2D eigenvalue weighted by Gasteiger charge is -2.40. The van der Waals surface area contributed by atoms with Crippen LogP contribution in [-0.4, -0.2) is 54.4 Å². The normalized spacial score (nSPS) is 17.8. The summed E-state index contributed by atoms with van der Waals surface area (Å²) in [7, 11) is 0. The average Bonchev–Trinajstić information content (AvgIpc) is 2.51. The number of hydrogen-bond acceptors (Lipinski definition) is 4. The fraction of sp³-hybridized carbons (Fsp3) is 0.529. The molecule has 0 saturated carbocycles. The zero-order chi connectivity index (χ0) is 15.5. The molecule has 1 aromatic carbocycles. The molecule has 5 heteroatoms. The van der Waals surface area contributed by atoms with Crippen LogP contribution in [0, 0.1) is 13.8 Å². The number of para-hydroxylation sites is 1. The van der Waals surface area contributed by atoms with Crippen molar-refractivity contribution in [1.29, 1.82) is 0 Å². The second-order valence-corrected chi connectivity index (χ2v) is 6.11. The minimum Gasteiger partial charge on any atom is -0.343 e. The molecular weight excluding hydrogens is 276 g/mol. The van der Waals surface area contributed by atoms with E-state index in [9.17, 15) is 4.79 Å². The highest BCUT2D eigenvalue weighted by molar-refractivity contribution is 5.96. The van der Waals surface area contributed by atoms with Gasteiger partial charge >= 0.3 is 0 Å². The lowest BCUT2D eigenvalue weighted by atomic mass is 10.1. The molecule has 0 spiro atoms. The molecule has 1 N–H and O–H groups in total. The number of benzene rings is 1. The summed E-state index contributed by atoms with van der Waals surface area (Å²) in [5.41, 5.74) is 3.14. The van der Waals surface area contributed by atoms with Crippen LogP contribution in [0.2, 0.25) is 0 Å². The van der Waals surface area contributed by atoms with Gasteiger partial charge in [-0.25, -0.2) is 0 Å². The molecule has 0 aromatic heterocycles. The predicted molar refractivity (Wildman–Crippen MR) is 89.2 cm³/mol. The summed E-state index contributed by atoms with van der Waals surface area (Å²) in [5.74, 6) is 1.04. The summed E-state index contributed by atoms with van der Waals surface area (Å²) in [4.78, 5) is 21.5. The molecule has 1 saturated heterocycles. The quantitative estimate of drug-likeness (QED) is 0.929. The van der Waals surface area contributed by atoms with Gasteiger partial charge in [-0.2, -0.15) is 0 Å². The van der Waals surface area contributed by atoms with E-state index in [4.69, 9.17) is 0 Å². The maximum absolute atomic E-state index is 12.4. The van der Waals surface area contributed by atoms with E-state index in [0.717, 1.165) is 61.8 Å². The third-order valence-corrected chi connectivity index (χ3v) is 4.34. The van der Waals surface area contributed by atoms with Gasteiger partial charge in [0, 0.05) is 31.9 Å². The summed E-state index contributed by atoms with van der Waals surface area (Å²) in [6.45, 7) is 8.34. The topological polar surface area (TPSA) is 47.9 Å². The Morgan fingerprint density at radius 1 is 1.18 bits per heavy atom. The monoisotopic (exact) mass is 300 g/mol. The van der Waals surface area contributed by atoms with Crippen molar-refractivity contribution >= 4 is 17.6 Å². The van der Waals surface area contributed by atoms with Crippen LogP contribution in [0.4, 0.5) is 5.69 Å². The van der Waals surface area contributed by atoms with E-state index >= 15 is 0 Å². The molecule has 2 heterocycles. The van der Waals surface area contributed by atoms with E-state index in [1.165, 1.54) is 0 Å². The lowest BCUT2D eigenvalue weighted by Crippen LogP contribution is -2.54. The van der Waals surface area contributed by atoms with Crippen molar-refractivity contribution < 1.29 is 4.79 Å². The molecule has 0 atom stereocenters. The third-order valence-electron chi connectivity index (χ3n) is 4.34. The number of aliphatic imine (C=N–C) groups is 1. The summed E-state index contributed by atoms with van der Waals surface area (Å²) in [6.07, 6.45) is 2.21. The van der Waals surface area contributed by atoms with Gasteiger partial charge < -0.3 is 15.1 Å². The minimum absolute atomic E-state index is 0.0347. The first-order valence-electron chi connectivity index (χ1n) is 8.05. The molecule has 0 radical (unpaired) electrons. The van der Waals surface area contributed by atoms with Gasteiger partial charge in [0.25, 0.3) is 0 Å². The van der Waals surface area contributed by atoms with Gasteiger partial charge in [-0.1, -0.05) is 18.2 Å². The number of carbonyl (C=O) groups excluding carboxylic acids is 1. The van der Waals surface area contributed by atoms with Crippen molar-refractivity contribution in [3.63, 3.8) is 0 Å². The van der Waals surface area contributed by atoms with Crippen molar-refractivity contribution in [1.82, 2.24) is 9.80 Å². The number of carbonyl (C=O) groups is 1. The third kappa shape index (κ3) is 3.08. The fourth-order valence-corrected chi connectivity index (χ4v) is 3.22. The number of amides is 1. The van der Waals surface area contributed by atoms with Gasteiger partial charge in [0.15, 0.2) is 5.96 Å². The number of rotatable bonds is 3. The number of guanidine groups is 1. The van der Waals surface area contributed by atoms with Crippen LogP contribution in [0.1, 0.15) is 24.0 Å². The molecule has 0 unspecified atom stereocenters. The molecule has 5 nitrogen and oxygen atoms in total. The maximum Gasteiger partial charge on any atom is 0.244 e. The first-order valence-corrected chi connectivity index (χ1v) is 8.05. The van der Waals surface area contributed by atoms with Gasteiger partial charge in [-0.05, 0) is 37.8 Å². The largest absolute Gasteiger partial charge is 0.343 e. The first kappa shape index (κ1) is 14.9. The maximum atomic E-state index is 12.4. The number of nitrogens with zero attached hydrogens (tertiary/aromatic N) is 3. The number of hydrogen-bond donors (Lipinski definition) is 1. The van der Waals surface area contributed by atoms with E-state index in [2.05, 4.69) is 20.1 Å². The van der Waals surface area contributed by atoms with Gasteiger partial charge in [0.2, 0.25) is 5.91 Å². The van der Waals surface area contributed by atoms with Crippen LogP contribution in [-0.2, 0) is 4.79 Å². The SMILES string of the molecule is Cc1cccc(C)c1NC(=O)CN1CCCN2CCCN=C21. The molecule has 1 amide bonds. The summed E-state index contributed by atoms with van der Waals surface area (Å²) in [6, 6.07) is 6.06. The molecule has 0 bridgehead atoms. The van der Waals surface area contributed by atoms with Crippen LogP contribution >= 0.6 is 0 Å². The smallest absolute Gasteiger partial charge is 0.244 e. The Kier molecular flexibility index (Phi) is 4.32. The van der Waals surface area contributed by atoms with E-state index in [0.29, 0.717) is 6.54 Å². The van der Waals surface area contributed by atoms with E-state index in [-0.39, 0.29) is 5.91 Å². The lowest BCUT2D eigenvalue weighted by molar-refractivity contribution is -0.116. The van der Waals surface area contributed by atoms with Crippen LogP contribution < -0.4 is 5.32 Å². The van der Waals surface area contributed by atoms with Gasteiger partial charge in [0.1, 0.15) is 0 Å². The molecule has 1 aromatic rings. The van der Waals surface area contributed by atoms with Crippen LogP contribution in [0.25, 0.3) is 0 Å². The molecular formula is C17H24N4O. The second-order valence-electron chi connectivity index (χ2n) is 6.11. The second kappa shape index (κ2) is 6.38. The highest BCUT2D eigenvalue weighted by atomic mass is 16.2. The van der Waals surface area contributed by atoms with E-state index < -0.39 is 0 Å². The Hall–Kier alpha value is -2.04. The molecule has 3 rings (SSSR count). The van der Waals surface area contributed by atoms with Crippen molar-refractivity contribution in [3.05, 3.63) is 29.3 Å². The Morgan fingerprint density at radius 2 is 1.91 bits per heavy atom. The summed E-state index contributed by atoms with van der Waals surface area (Å²) in [5, 5.41) is 3.07. The molecule has 2 aliphatic heterocycles. The zero-order valence-electron chi connectivity index (χ0n) is 13.4. The van der Waals surface area contributed by atoms with Crippen molar-refractivity contribution in [3.8, 4) is 0 Å². The van der Waals surface area contributed by atoms with Crippen LogP contribution in [0.3, 0.4) is 0 Å². The van der Waals surface area contributed by atoms with E-state index in [1.54, 1.807) is 0 Å². The molecule has 22 heavy (non-hydrogen) atoms. The zero-order valence-corrected chi connectivity index (χ0v) is 13.4. The molecule has 0 aliphatic carbocycles. The first-order chi connectivity index (χ1) is 10.6. The number of aryl methyl sites for hydroxylation is 2. The Balaban J connectivity index is 1.67. The van der Waals surface area contributed by atoms with Crippen LogP contribution in [0.5, 0.6) is 0 Å². The Labute approximate surface area is 132 Å². The Bertz CT molecular complexity index is 576. The minimum atomic E-state index is 0.0347. The average molecular weight is 300 g/mol. The standard InChI is InChI=1S/C17H24N4O/c1-13-6-3-7-14(2)16(13)19-15(22)12-21-11-5-10-20-9-4-8-18-17(20)21/h3,6-7H,4-5,8-12H2,1-2H3,(H,19,22). The van der Waals surface area contributed by atoms with Crippen molar-refractivity contribution in [2.75, 3.05) is 38.0 Å². The van der Waals surface area contributed by atoms with Crippen molar-refractivity contribution in [2.24, 2.45) is 4.99 Å². The number of anilines is 1. The highest BCUT2D eigenvalue weighted by Gasteiger charge is 2.26. The van der Waals surface area contributed by atoms with E-state index in [1.807, 2.05) is 32.0 Å². The van der Waals surface area contributed by atoms with Gasteiger partial charge in [-0.15, -0.1) is 0 Å². The van der Waals surface area contributed by atoms with Gasteiger partial charge in [0.05, 0.1) is 6.54 Å².